The van der Waals surface area contributed by atoms with Gasteiger partial charge in [-0.3, -0.25) is 9.69 Å². The second-order valence-corrected chi connectivity index (χ2v) is 6.46. The normalized spacial score (nSPS) is 16.0. The zero-order valence-corrected chi connectivity index (χ0v) is 15.4. The summed E-state index contributed by atoms with van der Waals surface area (Å²) in [6.07, 6.45) is 1.90. The van der Waals surface area contributed by atoms with Crippen molar-refractivity contribution >= 4 is 17.3 Å². The van der Waals surface area contributed by atoms with Crippen LogP contribution in [0.5, 0.6) is 11.5 Å². The number of aromatic hydroxyl groups is 1. The summed E-state index contributed by atoms with van der Waals surface area (Å²) in [6.45, 7) is 0. The van der Waals surface area contributed by atoms with Gasteiger partial charge in [-0.1, -0.05) is 42.5 Å². The zero-order chi connectivity index (χ0) is 19.5. The molecular weight excluding hydrogens is 352 g/mol. The highest BCUT2D eigenvalue weighted by atomic mass is 16.5. The van der Waals surface area contributed by atoms with E-state index < -0.39 is 0 Å². The maximum absolute atomic E-state index is 13.2. The Labute approximate surface area is 163 Å². The van der Waals surface area contributed by atoms with Crippen LogP contribution in [0, 0.1) is 0 Å². The van der Waals surface area contributed by atoms with Crippen molar-refractivity contribution in [2.24, 2.45) is 0 Å². The van der Waals surface area contributed by atoms with E-state index in [-0.39, 0.29) is 17.7 Å². The van der Waals surface area contributed by atoms with E-state index in [1.54, 1.807) is 23.1 Å². The van der Waals surface area contributed by atoms with Crippen LogP contribution in [0.15, 0.2) is 90.6 Å². The number of carbonyl (C=O) groups is 1. The SMILES string of the molecule is COc1cc([C@H]2C=C(Nc3ccccc3)C(=O)N2c2ccccc2)ccc1O. The molecule has 1 amide bonds. The summed E-state index contributed by atoms with van der Waals surface area (Å²) in [7, 11) is 1.51. The van der Waals surface area contributed by atoms with Crippen LogP contribution in [0.3, 0.4) is 0 Å². The standard InChI is InChI=1S/C23H20N2O3/c1-28-22-14-16(12-13-21(22)26)20-15-19(24-17-8-4-2-5-9-17)23(27)25(20)18-10-6-3-7-11-18/h2-15,20,24,26H,1H3/t20-/m1/s1. The number of hydrogen-bond donors (Lipinski definition) is 2. The quantitative estimate of drug-likeness (QED) is 0.693. The molecule has 1 atom stereocenters. The fourth-order valence-electron chi connectivity index (χ4n) is 3.32. The predicted octanol–water partition coefficient (Wildman–Crippen LogP) is 4.48. The third kappa shape index (κ3) is 3.30. The van der Waals surface area contributed by atoms with Crippen molar-refractivity contribution in [3.8, 4) is 11.5 Å². The molecule has 0 aliphatic carbocycles. The third-order valence-corrected chi connectivity index (χ3v) is 4.68. The smallest absolute Gasteiger partial charge is 0.275 e. The van der Waals surface area contributed by atoms with Gasteiger partial charge in [0.1, 0.15) is 5.70 Å². The molecule has 0 spiro atoms. The van der Waals surface area contributed by atoms with E-state index in [0.717, 1.165) is 16.9 Å². The van der Waals surface area contributed by atoms with Crippen LogP contribution in [0.25, 0.3) is 0 Å². The van der Waals surface area contributed by atoms with Crippen molar-refractivity contribution in [2.45, 2.75) is 6.04 Å². The fraction of sp³-hybridized carbons (Fsp3) is 0.0870. The molecular formula is C23H20N2O3. The largest absolute Gasteiger partial charge is 0.504 e. The molecule has 5 heteroatoms. The Morgan fingerprint density at radius 2 is 1.64 bits per heavy atom. The Bertz CT molecular complexity index is 1020. The van der Waals surface area contributed by atoms with Gasteiger partial charge in [-0.2, -0.15) is 0 Å². The highest BCUT2D eigenvalue weighted by molar-refractivity contribution is 6.11. The zero-order valence-electron chi connectivity index (χ0n) is 15.4. The van der Waals surface area contributed by atoms with Crippen molar-refractivity contribution < 1.29 is 14.6 Å². The summed E-state index contributed by atoms with van der Waals surface area (Å²) in [6, 6.07) is 23.9. The van der Waals surface area contributed by atoms with Gasteiger partial charge >= 0.3 is 0 Å². The van der Waals surface area contributed by atoms with Crippen molar-refractivity contribution in [1.29, 1.82) is 0 Å². The van der Waals surface area contributed by atoms with Gasteiger partial charge in [0, 0.05) is 11.4 Å². The number of carbonyl (C=O) groups excluding carboxylic acids is 1. The maximum Gasteiger partial charge on any atom is 0.275 e. The van der Waals surface area contributed by atoms with Gasteiger partial charge in [0.15, 0.2) is 11.5 Å². The van der Waals surface area contributed by atoms with Crippen molar-refractivity contribution in [3.05, 3.63) is 96.2 Å². The third-order valence-electron chi connectivity index (χ3n) is 4.68. The van der Waals surface area contributed by atoms with Gasteiger partial charge in [-0.05, 0) is 48.0 Å². The summed E-state index contributed by atoms with van der Waals surface area (Å²) >= 11 is 0. The van der Waals surface area contributed by atoms with Crippen LogP contribution in [-0.2, 0) is 4.79 Å². The van der Waals surface area contributed by atoms with Crippen LogP contribution in [0.1, 0.15) is 11.6 Å². The number of phenols is 1. The first-order chi connectivity index (χ1) is 13.7. The van der Waals surface area contributed by atoms with E-state index in [2.05, 4.69) is 5.32 Å². The topological polar surface area (TPSA) is 61.8 Å². The van der Waals surface area contributed by atoms with Crippen LogP contribution >= 0.6 is 0 Å². The lowest BCUT2D eigenvalue weighted by Crippen LogP contribution is -2.30. The van der Waals surface area contributed by atoms with Gasteiger partial charge < -0.3 is 15.2 Å². The number of para-hydroxylation sites is 2. The Kier molecular flexibility index (Phi) is 4.72. The van der Waals surface area contributed by atoms with Gasteiger partial charge in [-0.25, -0.2) is 0 Å². The first-order valence-electron chi connectivity index (χ1n) is 8.97. The van der Waals surface area contributed by atoms with E-state index in [1.807, 2.05) is 66.7 Å². The minimum Gasteiger partial charge on any atom is -0.504 e. The maximum atomic E-state index is 13.2. The number of hydrogen-bond acceptors (Lipinski definition) is 4. The number of ether oxygens (including phenoxy) is 1. The Morgan fingerprint density at radius 1 is 0.964 bits per heavy atom. The lowest BCUT2D eigenvalue weighted by molar-refractivity contribution is -0.114. The average molecular weight is 372 g/mol. The highest BCUT2D eigenvalue weighted by Gasteiger charge is 2.35. The number of nitrogens with one attached hydrogen (secondary N) is 1. The van der Waals surface area contributed by atoms with E-state index in [0.29, 0.717) is 11.4 Å². The van der Waals surface area contributed by atoms with E-state index in [4.69, 9.17) is 4.74 Å². The summed E-state index contributed by atoms with van der Waals surface area (Å²) in [5, 5.41) is 13.1. The molecule has 3 aromatic carbocycles. The summed E-state index contributed by atoms with van der Waals surface area (Å²) < 4.78 is 5.25. The number of phenolic OH excluding ortho intramolecular Hbond substituents is 1. The van der Waals surface area contributed by atoms with Crippen molar-refractivity contribution in [1.82, 2.24) is 0 Å². The molecule has 0 bridgehead atoms. The van der Waals surface area contributed by atoms with Crippen molar-refractivity contribution in [2.75, 3.05) is 17.3 Å². The Balaban J connectivity index is 1.76. The van der Waals surface area contributed by atoms with Crippen LogP contribution in [-0.4, -0.2) is 18.1 Å². The first-order valence-corrected chi connectivity index (χ1v) is 8.97. The molecule has 0 aromatic heterocycles. The van der Waals surface area contributed by atoms with Gasteiger partial charge in [-0.15, -0.1) is 0 Å². The number of rotatable bonds is 5. The number of anilines is 2. The van der Waals surface area contributed by atoms with E-state index >= 15 is 0 Å². The van der Waals surface area contributed by atoms with Gasteiger partial charge in [0.05, 0.1) is 13.2 Å². The van der Waals surface area contributed by atoms with Crippen LogP contribution in [0.2, 0.25) is 0 Å². The van der Waals surface area contributed by atoms with Crippen molar-refractivity contribution in [3.63, 3.8) is 0 Å². The second kappa shape index (κ2) is 7.48. The molecule has 5 nitrogen and oxygen atoms in total. The van der Waals surface area contributed by atoms with E-state index in [1.165, 1.54) is 7.11 Å². The molecule has 1 aliphatic rings. The first kappa shape index (κ1) is 17.7. The van der Waals surface area contributed by atoms with Crippen LogP contribution in [0.4, 0.5) is 11.4 Å². The minimum atomic E-state index is -0.324. The second-order valence-electron chi connectivity index (χ2n) is 6.46. The van der Waals surface area contributed by atoms with Gasteiger partial charge in [0.2, 0.25) is 0 Å². The lowest BCUT2D eigenvalue weighted by Gasteiger charge is -2.25. The minimum absolute atomic E-state index is 0.0634. The molecule has 1 heterocycles. The lowest BCUT2D eigenvalue weighted by atomic mass is 10.1. The number of methoxy groups -OCH3 is 1. The molecule has 0 fully saturated rings. The van der Waals surface area contributed by atoms with E-state index in [9.17, 15) is 9.90 Å². The predicted molar refractivity (Wildman–Crippen MR) is 109 cm³/mol. The summed E-state index contributed by atoms with van der Waals surface area (Å²) in [5.41, 5.74) is 2.99. The molecule has 0 saturated heterocycles. The number of nitrogens with zero attached hydrogens (tertiary/aromatic N) is 1. The highest BCUT2D eigenvalue weighted by Crippen LogP contribution is 2.38. The van der Waals surface area contributed by atoms with Crippen LogP contribution < -0.4 is 15.0 Å². The summed E-state index contributed by atoms with van der Waals surface area (Å²) in [4.78, 5) is 15.0. The molecule has 0 radical (unpaired) electrons. The molecule has 0 unspecified atom stereocenters. The molecule has 28 heavy (non-hydrogen) atoms. The molecule has 140 valence electrons. The molecule has 1 aliphatic heterocycles. The number of benzene rings is 3. The fourth-order valence-corrected chi connectivity index (χ4v) is 3.32. The van der Waals surface area contributed by atoms with Gasteiger partial charge in [0.25, 0.3) is 5.91 Å². The molecule has 3 aromatic rings. The monoisotopic (exact) mass is 372 g/mol. The number of amides is 1. The Hall–Kier alpha value is -3.73. The Morgan fingerprint density at radius 3 is 2.32 bits per heavy atom. The summed E-state index contributed by atoms with van der Waals surface area (Å²) in [5.74, 6) is 0.316. The average Bonchev–Trinajstić information content (AvgIpc) is 3.06. The molecule has 0 saturated carbocycles. The molecule has 2 N–H and O–H groups in total. The molecule has 4 rings (SSSR count).